The number of anilines is 2. The number of amides is 1. The van der Waals surface area contributed by atoms with Gasteiger partial charge in [-0.05, 0) is 49.4 Å². The molecular formula is C25H19N5O5S3. The van der Waals surface area contributed by atoms with Crippen LogP contribution in [-0.4, -0.2) is 42.1 Å². The van der Waals surface area contributed by atoms with Crippen LogP contribution in [-0.2, 0) is 19.6 Å². The molecule has 0 radical (unpaired) electrons. The number of nitrogens with zero attached hydrogens (tertiary/aromatic N) is 3. The van der Waals surface area contributed by atoms with Crippen molar-refractivity contribution in [3.63, 3.8) is 0 Å². The van der Waals surface area contributed by atoms with Gasteiger partial charge in [-0.25, -0.2) is 18.2 Å². The molecule has 0 aliphatic carbocycles. The first-order chi connectivity index (χ1) is 18.3. The number of carbonyl (C=O) groups excluding carboxylic acids is 2. The Bertz CT molecular complexity index is 1710. The van der Waals surface area contributed by atoms with E-state index in [1.165, 1.54) is 35.6 Å². The summed E-state index contributed by atoms with van der Waals surface area (Å²) in [4.78, 5) is 29.8. The monoisotopic (exact) mass is 565 g/mol. The van der Waals surface area contributed by atoms with Crippen LogP contribution in [0.5, 0.6) is 0 Å². The largest absolute Gasteiger partial charge is 0.452 e. The quantitative estimate of drug-likeness (QED) is 0.258. The molecule has 10 nitrogen and oxygen atoms in total. The average molecular weight is 566 g/mol. The molecule has 0 aliphatic heterocycles. The zero-order valence-corrected chi connectivity index (χ0v) is 22.2. The van der Waals surface area contributed by atoms with Crippen LogP contribution in [0.2, 0.25) is 0 Å². The van der Waals surface area contributed by atoms with Crippen LogP contribution in [0.3, 0.4) is 0 Å². The van der Waals surface area contributed by atoms with Gasteiger partial charge in [0.15, 0.2) is 6.61 Å². The third kappa shape index (κ3) is 5.69. The standard InChI is InChI=1S/C25H19N5O5S3/c1-15-28-29-25(36-15)30-38(33,34)17-12-10-16(11-13-17)26-22(31)14-35-24(32)19-7-3-2-6-18(19)23-27-20-8-4-5-9-21(20)37-23/h2-13H,14H2,1H3,(H,26,31)(H,29,30). The second-order valence-electron chi connectivity index (χ2n) is 7.91. The number of fused-ring (bicyclic) bond motifs is 1. The van der Waals surface area contributed by atoms with Gasteiger partial charge in [-0.2, -0.15) is 0 Å². The fourth-order valence-electron chi connectivity index (χ4n) is 3.47. The van der Waals surface area contributed by atoms with Crippen molar-refractivity contribution in [3.05, 3.63) is 83.4 Å². The lowest BCUT2D eigenvalue weighted by Gasteiger charge is -2.09. The molecule has 2 heterocycles. The van der Waals surface area contributed by atoms with Gasteiger partial charge in [-0.1, -0.05) is 41.7 Å². The number of esters is 1. The van der Waals surface area contributed by atoms with Gasteiger partial charge in [-0.3, -0.25) is 9.52 Å². The molecule has 0 unspecified atom stereocenters. The Balaban J connectivity index is 1.21. The number of thiazole rings is 1. The van der Waals surface area contributed by atoms with E-state index in [4.69, 9.17) is 4.74 Å². The maximum atomic E-state index is 12.8. The minimum Gasteiger partial charge on any atom is -0.452 e. The molecule has 5 rings (SSSR count). The number of hydrogen-bond acceptors (Lipinski definition) is 10. The van der Waals surface area contributed by atoms with E-state index >= 15 is 0 Å². The highest BCUT2D eigenvalue weighted by molar-refractivity contribution is 7.93. The number of aryl methyl sites for hydroxylation is 1. The van der Waals surface area contributed by atoms with Gasteiger partial charge in [0.05, 0.1) is 20.7 Å². The minimum absolute atomic E-state index is 0.0127. The summed E-state index contributed by atoms with van der Waals surface area (Å²) < 4.78 is 33.6. The van der Waals surface area contributed by atoms with E-state index in [0.29, 0.717) is 26.8 Å². The van der Waals surface area contributed by atoms with Gasteiger partial charge in [0, 0.05) is 11.3 Å². The Kier molecular flexibility index (Phi) is 7.13. The van der Waals surface area contributed by atoms with Crippen LogP contribution >= 0.6 is 22.7 Å². The SMILES string of the molecule is Cc1nnc(NS(=O)(=O)c2ccc(NC(=O)COC(=O)c3ccccc3-c3nc4ccccc4s3)cc2)s1. The number of benzene rings is 3. The molecule has 3 aromatic carbocycles. The number of rotatable bonds is 8. The summed E-state index contributed by atoms with van der Waals surface area (Å²) in [5, 5.41) is 11.6. The minimum atomic E-state index is -3.86. The molecular weight excluding hydrogens is 547 g/mol. The molecule has 0 aliphatic rings. The van der Waals surface area contributed by atoms with Crippen molar-refractivity contribution in [2.45, 2.75) is 11.8 Å². The Labute approximate surface area is 225 Å². The second kappa shape index (κ2) is 10.7. The normalized spacial score (nSPS) is 11.3. The van der Waals surface area contributed by atoms with E-state index in [2.05, 4.69) is 25.2 Å². The van der Waals surface area contributed by atoms with Crippen LogP contribution in [0.15, 0.2) is 77.7 Å². The molecule has 0 atom stereocenters. The topological polar surface area (TPSA) is 140 Å². The summed E-state index contributed by atoms with van der Waals surface area (Å²) in [6.07, 6.45) is 0. The molecule has 2 aromatic heterocycles. The number of sulfonamides is 1. The van der Waals surface area contributed by atoms with E-state index < -0.39 is 28.5 Å². The van der Waals surface area contributed by atoms with Crippen molar-refractivity contribution < 1.29 is 22.7 Å². The molecule has 0 fully saturated rings. The zero-order chi connectivity index (χ0) is 26.7. The number of hydrogen-bond donors (Lipinski definition) is 2. The van der Waals surface area contributed by atoms with Gasteiger partial charge in [0.2, 0.25) is 5.13 Å². The lowest BCUT2D eigenvalue weighted by molar-refractivity contribution is -0.119. The van der Waals surface area contributed by atoms with E-state index in [1.54, 1.807) is 31.2 Å². The van der Waals surface area contributed by atoms with Crippen molar-refractivity contribution in [1.29, 1.82) is 0 Å². The molecule has 0 bridgehead atoms. The van der Waals surface area contributed by atoms with Crippen molar-refractivity contribution >= 4 is 65.6 Å². The molecule has 192 valence electrons. The van der Waals surface area contributed by atoms with E-state index in [0.717, 1.165) is 21.6 Å². The first-order valence-electron chi connectivity index (χ1n) is 11.1. The van der Waals surface area contributed by atoms with Crippen LogP contribution in [0, 0.1) is 6.92 Å². The predicted molar refractivity (Wildman–Crippen MR) is 146 cm³/mol. The Morgan fingerprint density at radius 3 is 2.39 bits per heavy atom. The Morgan fingerprint density at radius 1 is 0.921 bits per heavy atom. The van der Waals surface area contributed by atoms with E-state index in [1.807, 2.05) is 24.3 Å². The van der Waals surface area contributed by atoms with Crippen LogP contribution < -0.4 is 10.0 Å². The Hall–Kier alpha value is -4.20. The molecule has 0 saturated heterocycles. The first-order valence-corrected chi connectivity index (χ1v) is 14.2. The molecule has 0 saturated carbocycles. The van der Waals surface area contributed by atoms with Crippen molar-refractivity contribution in [3.8, 4) is 10.6 Å². The number of para-hydroxylation sites is 1. The van der Waals surface area contributed by atoms with Crippen LogP contribution in [0.1, 0.15) is 15.4 Å². The summed E-state index contributed by atoms with van der Waals surface area (Å²) in [7, 11) is -3.86. The van der Waals surface area contributed by atoms with Gasteiger partial charge < -0.3 is 10.1 Å². The molecule has 5 aromatic rings. The molecule has 38 heavy (non-hydrogen) atoms. The molecule has 13 heteroatoms. The lowest BCUT2D eigenvalue weighted by Crippen LogP contribution is -2.21. The number of nitrogens with one attached hydrogen (secondary N) is 2. The maximum absolute atomic E-state index is 12.8. The third-order valence-corrected chi connectivity index (χ3v) is 8.51. The van der Waals surface area contributed by atoms with Crippen LogP contribution in [0.4, 0.5) is 10.8 Å². The Morgan fingerprint density at radius 2 is 1.66 bits per heavy atom. The smallest absolute Gasteiger partial charge is 0.339 e. The molecule has 1 amide bonds. The van der Waals surface area contributed by atoms with Gasteiger partial charge >= 0.3 is 5.97 Å². The predicted octanol–water partition coefficient (Wildman–Crippen LogP) is 4.72. The molecule has 2 N–H and O–H groups in total. The first kappa shape index (κ1) is 25.4. The summed E-state index contributed by atoms with van der Waals surface area (Å²) >= 11 is 2.57. The van der Waals surface area contributed by atoms with Gasteiger partial charge in [0.25, 0.3) is 15.9 Å². The fraction of sp³-hybridized carbons (Fsp3) is 0.0800. The van der Waals surface area contributed by atoms with Gasteiger partial charge in [-0.15, -0.1) is 21.5 Å². The summed E-state index contributed by atoms with van der Waals surface area (Å²) in [6, 6.07) is 20.1. The highest BCUT2D eigenvalue weighted by atomic mass is 32.2. The number of carbonyl (C=O) groups is 2. The number of ether oxygens (including phenoxy) is 1. The summed E-state index contributed by atoms with van der Waals surface area (Å²) in [6.45, 7) is 1.19. The van der Waals surface area contributed by atoms with Crippen molar-refractivity contribution in [2.24, 2.45) is 0 Å². The lowest BCUT2D eigenvalue weighted by atomic mass is 10.1. The summed E-state index contributed by atoms with van der Waals surface area (Å²) in [5.74, 6) is -1.23. The maximum Gasteiger partial charge on any atom is 0.339 e. The van der Waals surface area contributed by atoms with E-state index in [9.17, 15) is 18.0 Å². The van der Waals surface area contributed by atoms with E-state index in [-0.39, 0.29) is 10.0 Å². The highest BCUT2D eigenvalue weighted by Gasteiger charge is 2.19. The van der Waals surface area contributed by atoms with Crippen molar-refractivity contribution in [1.82, 2.24) is 15.2 Å². The van der Waals surface area contributed by atoms with Crippen molar-refractivity contribution in [2.75, 3.05) is 16.6 Å². The second-order valence-corrected chi connectivity index (χ2v) is 11.8. The summed E-state index contributed by atoms with van der Waals surface area (Å²) in [5.41, 5.74) is 2.09. The zero-order valence-electron chi connectivity index (χ0n) is 19.7. The fourth-order valence-corrected chi connectivity index (χ4v) is 6.30. The highest BCUT2D eigenvalue weighted by Crippen LogP contribution is 2.32. The van der Waals surface area contributed by atoms with Crippen LogP contribution in [0.25, 0.3) is 20.8 Å². The third-order valence-electron chi connectivity index (χ3n) is 5.20. The van der Waals surface area contributed by atoms with Gasteiger partial charge in [0.1, 0.15) is 10.0 Å². The number of aromatic nitrogens is 3. The average Bonchev–Trinajstić information content (AvgIpc) is 3.53. The molecule has 0 spiro atoms.